The van der Waals surface area contributed by atoms with Crippen LogP contribution in [0.3, 0.4) is 0 Å². The lowest BCUT2D eigenvalue weighted by Gasteiger charge is -2.14. The highest BCUT2D eigenvalue weighted by Crippen LogP contribution is 1.97. The Morgan fingerprint density at radius 3 is 2.11 bits per heavy atom. The molecule has 0 aromatic carbocycles. The van der Waals surface area contributed by atoms with Crippen LogP contribution < -0.4 is 11.2 Å². The Hall–Kier alpha value is -0.553. The molecule has 0 aliphatic rings. The first-order valence-corrected chi connectivity index (χ1v) is 6.06. The van der Waals surface area contributed by atoms with Gasteiger partial charge in [0.2, 0.25) is 8.32 Å². The predicted octanol–water partition coefficient (Wildman–Crippen LogP) is 0.421. The zero-order chi connectivity index (χ0) is 7.49. The van der Waals surface area contributed by atoms with E-state index in [-0.39, 0.29) is 0 Å². The van der Waals surface area contributed by atoms with Gasteiger partial charge in [-0.25, -0.2) is 10.3 Å². The summed E-state index contributed by atoms with van der Waals surface area (Å²) in [5.41, 5.74) is 6.83. The molecule has 0 bridgehead atoms. The van der Waals surface area contributed by atoms with Gasteiger partial charge in [0.1, 0.15) is 0 Å². The molecule has 2 amide bonds. The third kappa shape index (κ3) is 7.45. The molecular formula is C4H12N2O2Si. The number of carbonyl (C=O) groups is 1. The van der Waals surface area contributed by atoms with E-state index in [4.69, 9.17) is 10.3 Å². The van der Waals surface area contributed by atoms with Crippen LogP contribution in [0, 0.1) is 0 Å². The predicted molar refractivity (Wildman–Crippen MR) is 37.2 cm³/mol. The molecule has 0 aliphatic carbocycles. The summed E-state index contributed by atoms with van der Waals surface area (Å²) in [5, 5.41) is 0. The molecule has 4 nitrogen and oxygen atoms in total. The Morgan fingerprint density at radius 2 is 2.00 bits per heavy atom. The molecule has 0 fully saturated rings. The third-order valence-electron chi connectivity index (χ3n) is 0.458. The number of nitrogens with one attached hydrogen (secondary N) is 1. The van der Waals surface area contributed by atoms with E-state index in [0.29, 0.717) is 0 Å². The zero-order valence-corrected chi connectivity index (χ0v) is 6.89. The largest absolute Gasteiger partial charge is 0.350 e. The highest BCUT2D eigenvalue weighted by Gasteiger charge is 2.15. The molecule has 5 heteroatoms. The van der Waals surface area contributed by atoms with Crippen LogP contribution in [0.2, 0.25) is 19.6 Å². The lowest BCUT2D eigenvalue weighted by molar-refractivity contribution is 0.181. The molecule has 0 spiro atoms. The monoisotopic (exact) mass is 148 g/mol. The SMILES string of the molecule is C[Si](C)(C)ONC(N)=O. The van der Waals surface area contributed by atoms with E-state index in [0.717, 1.165) is 0 Å². The maximum atomic E-state index is 10.1. The fraction of sp³-hybridized carbons (Fsp3) is 0.750. The maximum absolute atomic E-state index is 10.1. The van der Waals surface area contributed by atoms with Gasteiger partial charge >= 0.3 is 6.03 Å². The van der Waals surface area contributed by atoms with E-state index >= 15 is 0 Å². The molecule has 9 heavy (non-hydrogen) atoms. The summed E-state index contributed by atoms with van der Waals surface area (Å²) >= 11 is 0. The first-order valence-electron chi connectivity index (χ1n) is 2.65. The Labute approximate surface area is 55.5 Å². The minimum atomic E-state index is -1.63. The molecule has 0 aromatic rings. The van der Waals surface area contributed by atoms with Gasteiger partial charge in [0.25, 0.3) is 0 Å². The second kappa shape index (κ2) is 2.84. The number of hydrogen-bond acceptors (Lipinski definition) is 2. The smallest absolute Gasteiger partial charge is 0.335 e. The summed E-state index contributed by atoms with van der Waals surface area (Å²) in [6.07, 6.45) is 0. The highest BCUT2D eigenvalue weighted by atomic mass is 28.4. The fourth-order valence-electron chi connectivity index (χ4n) is 0.203. The van der Waals surface area contributed by atoms with Gasteiger partial charge in [0.15, 0.2) is 0 Å². The van der Waals surface area contributed by atoms with E-state index in [1.165, 1.54) is 0 Å². The molecule has 3 N–H and O–H groups in total. The average molecular weight is 148 g/mol. The number of nitrogens with two attached hydrogens (primary N) is 1. The molecule has 0 aromatic heterocycles. The van der Waals surface area contributed by atoms with Gasteiger partial charge in [-0.1, -0.05) is 0 Å². The van der Waals surface area contributed by atoms with Gasteiger partial charge in [0.05, 0.1) is 0 Å². The van der Waals surface area contributed by atoms with Gasteiger partial charge in [0, 0.05) is 0 Å². The molecule has 0 aliphatic heterocycles. The Bertz CT molecular complexity index is 110. The molecule has 0 rings (SSSR count). The topological polar surface area (TPSA) is 64.3 Å². The number of urea groups is 1. The van der Waals surface area contributed by atoms with E-state index in [1.54, 1.807) is 0 Å². The van der Waals surface area contributed by atoms with Crippen LogP contribution in [-0.2, 0) is 4.53 Å². The van der Waals surface area contributed by atoms with Crippen LogP contribution in [0.1, 0.15) is 0 Å². The minimum Gasteiger partial charge on any atom is -0.350 e. The molecule has 0 saturated heterocycles. The van der Waals surface area contributed by atoms with Crippen LogP contribution in [-0.4, -0.2) is 14.3 Å². The molecule has 0 heterocycles. The van der Waals surface area contributed by atoms with Gasteiger partial charge in [-0.15, -0.1) is 0 Å². The maximum Gasteiger partial charge on any atom is 0.335 e. The van der Waals surface area contributed by atoms with E-state index in [9.17, 15) is 4.79 Å². The second-order valence-corrected chi connectivity index (χ2v) is 7.11. The van der Waals surface area contributed by atoms with Crippen molar-refractivity contribution < 1.29 is 9.32 Å². The summed E-state index contributed by atoms with van der Waals surface area (Å²) in [6.45, 7) is 5.84. The third-order valence-corrected chi connectivity index (χ3v) is 1.17. The van der Waals surface area contributed by atoms with Crippen LogP contribution in [0.25, 0.3) is 0 Å². The number of hydroxylamine groups is 1. The van der Waals surface area contributed by atoms with Crippen molar-refractivity contribution in [2.75, 3.05) is 0 Å². The van der Waals surface area contributed by atoms with Crippen molar-refractivity contribution in [2.45, 2.75) is 19.6 Å². The molecule has 0 radical (unpaired) electrons. The normalized spacial score (nSPS) is 11.0. The number of amides is 2. The van der Waals surface area contributed by atoms with Crippen molar-refractivity contribution in [3.63, 3.8) is 0 Å². The summed E-state index contributed by atoms with van der Waals surface area (Å²) in [4.78, 5) is 10.1. The van der Waals surface area contributed by atoms with Crippen molar-refractivity contribution in [3.05, 3.63) is 0 Å². The van der Waals surface area contributed by atoms with Gasteiger partial charge in [-0.05, 0) is 19.6 Å². The van der Waals surface area contributed by atoms with Crippen LogP contribution in [0.4, 0.5) is 4.79 Å². The molecule has 0 saturated carbocycles. The second-order valence-electron chi connectivity index (χ2n) is 2.68. The van der Waals surface area contributed by atoms with E-state index < -0.39 is 14.3 Å². The van der Waals surface area contributed by atoms with Crippen LogP contribution in [0.5, 0.6) is 0 Å². The van der Waals surface area contributed by atoms with Crippen molar-refractivity contribution in [2.24, 2.45) is 5.73 Å². The molecule has 0 atom stereocenters. The number of hydrogen-bond donors (Lipinski definition) is 2. The summed E-state index contributed by atoms with van der Waals surface area (Å²) in [5.74, 6) is 0. The zero-order valence-electron chi connectivity index (χ0n) is 5.89. The summed E-state index contributed by atoms with van der Waals surface area (Å²) in [6, 6.07) is -0.641. The van der Waals surface area contributed by atoms with Gasteiger partial charge in [-0.3, -0.25) is 0 Å². The minimum absolute atomic E-state index is 0.641. The van der Waals surface area contributed by atoms with E-state index in [2.05, 4.69) is 5.48 Å². The highest BCUT2D eigenvalue weighted by molar-refractivity contribution is 6.69. The average Bonchev–Trinajstić information content (AvgIpc) is 1.59. The quantitative estimate of drug-likeness (QED) is 0.440. The van der Waals surface area contributed by atoms with E-state index in [1.807, 2.05) is 19.6 Å². The van der Waals surface area contributed by atoms with Crippen LogP contribution >= 0.6 is 0 Å². The number of carbonyl (C=O) groups excluding carboxylic acids is 1. The fourth-order valence-corrected chi connectivity index (χ4v) is 0.610. The number of rotatable bonds is 2. The van der Waals surface area contributed by atoms with Crippen LogP contribution in [0.15, 0.2) is 0 Å². The van der Waals surface area contributed by atoms with Crippen molar-refractivity contribution in [1.82, 2.24) is 5.48 Å². The van der Waals surface area contributed by atoms with Crippen molar-refractivity contribution in [1.29, 1.82) is 0 Å². The Morgan fingerprint density at radius 1 is 1.56 bits per heavy atom. The van der Waals surface area contributed by atoms with Gasteiger partial charge < -0.3 is 10.3 Å². The molecular weight excluding hydrogens is 136 g/mol. The molecule has 0 unspecified atom stereocenters. The van der Waals surface area contributed by atoms with Gasteiger partial charge in [-0.2, -0.15) is 0 Å². The lowest BCUT2D eigenvalue weighted by atomic mass is 11.2. The first-order chi connectivity index (χ1) is 3.92. The Kier molecular flexibility index (Phi) is 2.66. The summed E-state index contributed by atoms with van der Waals surface area (Å²) < 4.78 is 4.91. The summed E-state index contributed by atoms with van der Waals surface area (Å²) in [7, 11) is -1.63. The Balaban J connectivity index is 3.39. The standard InChI is InChI=1S/C4H12N2O2Si/c1-9(2,3)8-6-4(5)7/h1-3H3,(H3,5,6,7). The lowest BCUT2D eigenvalue weighted by Crippen LogP contribution is -2.39. The van der Waals surface area contributed by atoms with Crippen molar-refractivity contribution >= 4 is 14.3 Å². The number of primary amides is 1. The first kappa shape index (κ1) is 8.45. The van der Waals surface area contributed by atoms with Crippen molar-refractivity contribution in [3.8, 4) is 0 Å². The molecule has 54 valence electrons.